The summed E-state index contributed by atoms with van der Waals surface area (Å²) < 4.78 is 5.35. The summed E-state index contributed by atoms with van der Waals surface area (Å²) in [4.78, 5) is 22.1. The second-order valence-electron chi connectivity index (χ2n) is 4.08. The fourth-order valence-corrected chi connectivity index (χ4v) is 1.52. The molecule has 6 heteroatoms. The van der Waals surface area contributed by atoms with Crippen molar-refractivity contribution >= 4 is 11.9 Å². The number of carboxylic acids is 1. The largest absolute Gasteiger partial charge is 0.483 e. The zero-order valence-electron chi connectivity index (χ0n) is 10.8. The lowest BCUT2D eigenvalue weighted by Crippen LogP contribution is -2.45. The first-order chi connectivity index (χ1) is 8.95. The van der Waals surface area contributed by atoms with E-state index in [-0.39, 0.29) is 6.61 Å². The number of rotatable bonds is 6. The molecule has 1 atom stereocenters. The topological polar surface area (TPSA) is 95.9 Å². The van der Waals surface area contributed by atoms with Crippen molar-refractivity contribution in [3.05, 3.63) is 29.3 Å². The zero-order chi connectivity index (χ0) is 14.4. The van der Waals surface area contributed by atoms with Crippen molar-refractivity contribution in [2.45, 2.75) is 19.9 Å². The maximum atomic E-state index is 11.5. The summed E-state index contributed by atoms with van der Waals surface area (Å²) in [7, 11) is 0. The van der Waals surface area contributed by atoms with E-state index in [9.17, 15) is 9.59 Å². The van der Waals surface area contributed by atoms with Crippen LogP contribution in [0.2, 0.25) is 0 Å². The summed E-state index contributed by atoms with van der Waals surface area (Å²) in [6.45, 7) is 2.67. The first kappa shape index (κ1) is 15.0. The maximum Gasteiger partial charge on any atom is 0.328 e. The number of carbonyl (C=O) groups excluding carboxylic acids is 1. The number of aliphatic carboxylic acids is 1. The van der Waals surface area contributed by atoms with Crippen LogP contribution in [0.25, 0.3) is 0 Å². The fourth-order valence-electron chi connectivity index (χ4n) is 1.52. The molecule has 0 aliphatic heterocycles. The Kier molecular flexibility index (Phi) is 5.32. The van der Waals surface area contributed by atoms with Gasteiger partial charge in [0.25, 0.3) is 5.91 Å². The molecule has 0 unspecified atom stereocenters. The highest BCUT2D eigenvalue weighted by molar-refractivity contribution is 5.84. The summed E-state index contributed by atoms with van der Waals surface area (Å²) in [5.74, 6) is -1.32. The van der Waals surface area contributed by atoms with Gasteiger partial charge in [0.05, 0.1) is 6.61 Å². The van der Waals surface area contributed by atoms with Crippen molar-refractivity contribution in [1.82, 2.24) is 5.32 Å². The number of aliphatic hydroxyl groups is 1. The van der Waals surface area contributed by atoms with E-state index in [0.29, 0.717) is 5.75 Å². The molecule has 1 radical (unpaired) electrons. The van der Waals surface area contributed by atoms with Gasteiger partial charge in [0.15, 0.2) is 6.61 Å². The molecule has 0 aromatic heterocycles. The number of hydrogen-bond acceptors (Lipinski definition) is 4. The molecule has 0 aliphatic carbocycles. The molecule has 103 valence electrons. The number of aryl methyl sites for hydroxylation is 2. The number of amides is 1. The van der Waals surface area contributed by atoms with E-state index in [1.54, 1.807) is 12.1 Å². The van der Waals surface area contributed by atoms with E-state index < -0.39 is 24.5 Å². The van der Waals surface area contributed by atoms with Gasteiger partial charge in [0, 0.05) is 0 Å². The summed E-state index contributed by atoms with van der Waals surface area (Å²) in [5.41, 5.74) is 1.68. The van der Waals surface area contributed by atoms with Crippen molar-refractivity contribution in [3.63, 3.8) is 0 Å². The minimum atomic E-state index is -1.32. The van der Waals surface area contributed by atoms with Gasteiger partial charge in [-0.1, -0.05) is 0 Å². The molecule has 19 heavy (non-hydrogen) atoms. The third kappa shape index (κ3) is 4.26. The highest BCUT2D eigenvalue weighted by Gasteiger charge is 2.19. The third-order valence-corrected chi connectivity index (χ3v) is 2.48. The van der Waals surface area contributed by atoms with Crippen molar-refractivity contribution < 1.29 is 24.5 Å². The lowest BCUT2D eigenvalue weighted by atomic mass is 10.1. The summed E-state index contributed by atoms with van der Waals surface area (Å²) in [5, 5.41) is 19.6. The zero-order valence-corrected chi connectivity index (χ0v) is 10.8. The highest BCUT2D eigenvalue weighted by Crippen LogP contribution is 2.21. The second kappa shape index (κ2) is 6.75. The number of benzene rings is 1. The average Bonchev–Trinajstić information content (AvgIpc) is 2.35. The molecule has 0 saturated carbocycles. The van der Waals surface area contributed by atoms with Crippen LogP contribution < -0.4 is 10.1 Å². The lowest BCUT2D eigenvalue weighted by molar-refractivity contribution is -0.143. The summed E-state index contributed by atoms with van der Waals surface area (Å²) in [6.07, 6.45) is 0. The minimum Gasteiger partial charge on any atom is -0.483 e. The summed E-state index contributed by atoms with van der Waals surface area (Å²) in [6, 6.07) is 5.07. The number of nitrogens with one attached hydrogen (secondary N) is 1. The van der Waals surface area contributed by atoms with Crippen molar-refractivity contribution in [2.75, 3.05) is 13.2 Å². The molecule has 0 heterocycles. The molecular weight excluding hydrogens is 250 g/mol. The Labute approximate surface area is 111 Å². The Morgan fingerprint density at radius 1 is 1.37 bits per heavy atom. The fraction of sp³-hybridized carbons (Fsp3) is 0.385. The van der Waals surface area contributed by atoms with Crippen LogP contribution >= 0.6 is 0 Å². The predicted octanol–water partition coefficient (Wildman–Crippen LogP) is 0.0441. The molecule has 1 aromatic carbocycles. The number of aliphatic hydroxyl groups excluding tert-OH is 1. The Balaban J connectivity index is 2.57. The van der Waals surface area contributed by atoms with Crippen molar-refractivity contribution in [3.8, 4) is 5.75 Å². The van der Waals surface area contributed by atoms with Crippen LogP contribution in [0.1, 0.15) is 11.1 Å². The van der Waals surface area contributed by atoms with Crippen LogP contribution in [0, 0.1) is 19.9 Å². The Morgan fingerprint density at radius 2 is 1.95 bits per heavy atom. The van der Waals surface area contributed by atoms with Gasteiger partial charge >= 0.3 is 5.97 Å². The van der Waals surface area contributed by atoms with Gasteiger partial charge in [-0.15, -0.1) is 0 Å². The molecule has 1 rings (SSSR count). The van der Waals surface area contributed by atoms with Gasteiger partial charge in [-0.25, -0.2) is 4.79 Å². The smallest absolute Gasteiger partial charge is 0.328 e. The van der Waals surface area contributed by atoms with Crippen molar-refractivity contribution in [1.29, 1.82) is 0 Å². The number of carbonyl (C=O) groups is 2. The van der Waals surface area contributed by atoms with E-state index in [1.807, 2.05) is 13.8 Å². The van der Waals surface area contributed by atoms with Crippen LogP contribution in [-0.4, -0.2) is 41.3 Å². The molecule has 1 aromatic rings. The lowest BCUT2D eigenvalue weighted by Gasteiger charge is -2.14. The van der Waals surface area contributed by atoms with Gasteiger partial charge in [0.1, 0.15) is 11.8 Å². The molecule has 1 amide bonds. The predicted molar refractivity (Wildman–Crippen MR) is 66.9 cm³/mol. The van der Waals surface area contributed by atoms with E-state index in [0.717, 1.165) is 11.1 Å². The second-order valence-corrected chi connectivity index (χ2v) is 4.08. The molecule has 0 spiro atoms. The van der Waals surface area contributed by atoms with E-state index in [1.165, 1.54) is 0 Å². The van der Waals surface area contributed by atoms with Crippen LogP contribution in [0.3, 0.4) is 0 Å². The Hall–Kier alpha value is -2.08. The van der Waals surface area contributed by atoms with E-state index >= 15 is 0 Å². The van der Waals surface area contributed by atoms with Gasteiger partial charge < -0.3 is 20.3 Å². The molecular formula is C13H16NO5. The van der Waals surface area contributed by atoms with E-state index in [4.69, 9.17) is 14.9 Å². The molecule has 0 bridgehead atoms. The quantitative estimate of drug-likeness (QED) is 0.676. The first-order valence-electron chi connectivity index (χ1n) is 5.68. The monoisotopic (exact) mass is 266 g/mol. The van der Waals surface area contributed by atoms with Gasteiger partial charge in [-0.2, -0.15) is 0 Å². The van der Waals surface area contributed by atoms with Crippen LogP contribution in [-0.2, 0) is 9.59 Å². The van der Waals surface area contributed by atoms with Crippen LogP contribution in [0.4, 0.5) is 0 Å². The average molecular weight is 266 g/mol. The molecule has 0 aliphatic rings. The summed E-state index contributed by atoms with van der Waals surface area (Å²) >= 11 is 0. The van der Waals surface area contributed by atoms with Gasteiger partial charge in [-0.05, 0) is 43.2 Å². The highest BCUT2D eigenvalue weighted by atomic mass is 16.5. The number of carboxylic acid groups (broad SMARTS) is 1. The number of hydrogen-bond donors (Lipinski definition) is 3. The van der Waals surface area contributed by atoms with Gasteiger partial charge in [0.2, 0.25) is 0 Å². The molecule has 0 saturated heterocycles. The molecule has 3 N–H and O–H groups in total. The molecule has 0 fully saturated rings. The standard InChI is InChI=1S/C13H16NO5/c1-8-4-3-5-9(2)12(8)19-7-11(16)14-10(6-15)13(17)18/h4-5,10,15H,6-7H2,1-2H3,(H,14,16)(H,17,18)/t10-/m0/s1. The Bertz CT molecular complexity index is 452. The van der Waals surface area contributed by atoms with Crippen LogP contribution in [0.15, 0.2) is 12.1 Å². The SMILES string of the molecule is Cc1c[c]cc(C)c1OCC(=O)N[C@@H](CO)C(=O)O. The third-order valence-electron chi connectivity index (χ3n) is 2.48. The first-order valence-corrected chi connectivity index (χ1v) is 5.68. The van der Waals surface area contributed by atoms with Gasteiger partial charge in [-0.3, -0.25) is 4.79 Å². The van der Waals surface area contributed by atoms with Crippen molar-refractivity contribution in [2.24, 2.45) is 0 Å². The maximum absolute atomic E-state index is 11.5. The Morgan fingerprint density at radius 3 is 2.42 bits per heavy atom. The van der Waals surface area contributed by atoms with Crippen LogP contribution in [0.5, 0.6) is 5.75 Å². The normalized spacial score (nSPS) is 11.7. The van der Waals surface area contributed by atoms with E-state index in [2.05, 4.69) is 11.4 Å². The number of ether oxygens (including phenoxy) is 1. The molecule has 6 nitrogen and oxygen atoms in total. The minimum absolute atomic E-state index is 0.310.